The fourth-order valence-electron chi connectivity index (χ4n) is 2.11. The second kappa shape index (κ2) is 8.24. The van der Waals surface area contributed by atoms with E-state index in [1.54, 1.807) is 41.8 Å². The Hall–Kier alpha value is -2.23. The summed E-state index contributed by atoms with van der Waals surface area (Å²) >= 11 is 1.03. The number of nitrogens with one attached hydrogen (secondary N) is 2. The molecule has 1 aromatic heterocycles. The third kappa shape index (κ3) is 5.38. The van der Waals surface area contributed by atoms with Gasteiger partial charge in [-0.1, -0.05) is 36.4 Å². The Bertz CT molecular complexity index is 819. The Kier molecular flexibility index (Phi) is 6.29. The molecule has 0 aliphatic heterocycles. The number of hydrogen-bond acceptors (Lipinski definition) is 5. The Labute approximate surface area is 149 Å². The Balaban J connectivity index is 2.01. The highest BCUT2D eigenvalue weighted by Gasteiger charge is 2.26. The van der Waals surface area contributed by atoms with Gasteiger partial charge in [-0.05, 0) is 23.9 Å². The second-order valence-corrected chi connectivity index (χ2v) is 8.25. The zero-order valence-corrected chi connectivity index (χ0v) is 15.0. The van der Waals surface area contributed by atoms with E-state index in [1.165, 1.54) is 13.0 Å². The van der Waals surface area contributed by atoms with Gasteiger partial charge in [0, 0.05) is 6.42 Å². The molecule has 2 rings (SSSR count). The molecule has 1 aromatic carbocycles. The average Bonchev–Trinajstić information content (AvgIpc) is 3.10. The minimum atomic E-state index is -3.82. The number of amides is 1. The van der Waals surface area contributed by atoms with Gasteiger partial charge >= 0.3 is 5.97 Å². The lowest BCUT2D eigenvalue weighted by Crippen LogP contribution is -2.50. The van der Waals surface area contributed by atoms with E-state index in [0.29, 0.717) is 0 Å². The van der Waals surface area contributed by atoms with Crippen molar-refractivity contribution in [1.29, 1.82) is 0 Å². The molecule has 0 saturated heterocycles. The Morgan fingerprint density at radius 2 is 1.84 bits per heavy atom. The van der Waals surface area contributed by atoms with Crippen molar-refractivity contribution in [2.75, 3.05) is 0 Å². The fourth-order valence-corrected chi connectivity index (χ4v) is 4.32. The first-order chi connectivity index (χ1) is 11.8. The third-order valence-corrected chi connectivity index (χ3v) is 6.32. The van der Waals surface area contributed by atoms with Crippen LogP contribution in [0.2, 0.25) is 0 Å². The summed E-state index contributed by atoms with van der Waals surface area (Å²) in [6.07, 6.45) is 0.103. The first-order valence-electron chi connectivity index (χ1n) is 7.42. The molecule has 0 fully saturated rings. The van der Waals surface area contributed by atoms with Crippen LogP contribution in [0.3, 0.4) is 0 Å². The van der Waals surface area contributed by atoms with Crippen LogP contribution in [0.5, 0.6) is 0 Å². The van der Waals surface area contributed by atoms with Crippen LogP contribution in [0.15, 0.2) is 52.1 Å². The molecule has 2 aromatic rings. The van der Waals surface area contributed by atoms with Gasteiger partial charge in [-0.15, -0.1) is 11.3 Å². The van der Waals surface area contributed by atoms with E-state index in [2.05, 4.69) is 10.0 Å². The van der Waals surface area contributed by atoms with Gasteiger partial charge in [0.15, 0.2) is 0 Å². The monoisotopic (exact) mass is 382 g/mol. The summed E-state index contributed by atoms with van der Waals surface area (Å²) in [7, 11) is -3.82. The smallest absolute Gasteiger partial charge is 0.326 e. The molecule has 1 heterocycles. The summed E-state index contributed by atoms with van der Waals surface area (Å²) in [6, 6.07) is 9.61. The molecule has 1 amide bonds. The zero-order chi connectivity index (χ0) is 18.4. The SMILES string of the molecule is CC(NS(=O)(=O)c1cccs1)C(=O)N[C@H](Cc1ccccc1)C(=O)O. The van der Waals surface area contributed by atoms with Crippen LogP contribution < -0.4 is 10.0 Å². The maximum Gasteiger partial charge on any atom is 0.326 e. The van der Waals surface area contributed by atoms with E-state index in [4.69, 9.17) is 0 Å². The van der Waals surface area contributed by atoms with Crippen LogP contribution >= 0.6 is 11.3 Å². The molecule has 0 aliphatic rings. The maximum atomic E-state index is 12.2. The van der Waals surface area contributed by atoms with Crippen molar-refractivity contribution < 1.29 is 23.1 Å². The van der Waals surface area contributed by atoms with Crippen molar-refractivity contribution in [1.82, 2.24) is 10.0 Å². The van der Waals surface area contributed by atoms with Crippen LogP contribution in [0.1, 0.15) is 12.5 Å². The average molecular weight is 382 g/mol. The highest BCUT2D eigenvalue weighted by atomic mass is 32.2. The van der Waals surface area contributed by atoms with Gasteiger partial charge in [0.1, 0.15) is 10.3 Å². The molecule has 0 bridgehead atoms. The summed E-state index contributed by atoms with van der Waals surface area (Å²) in [5.74, 6) is -1.89. The molecule has 3 N–H and O–H groups in total. The fraction of sp³-hybridized carbons (Fsp3) is 0.250. The summed E-state index contributed by atoms with van der Waals surface area (Å²) in [6.45, 7) is 1.36. The Morgan fingerprint density at radius 3 is 2.40 bits per heavy atom. The van der Waals surface area contributed by atoms with Gasteiger partial charge in [0.2, 0.25) is 5.91 Å². The number of thiophene rings is 1. The molecule has 0 spiro atoms. The van der Waals surface area contributed by atoms with Crippen LogP contribution in [-0.4, -0.2) is 37.5 Å². The molecule has 25 heavy (non-hydrogen) atoms. The number of carboxylic acids is 1. The van der Waals surface area contributed by atoms with E-state index in [1.807, 2.05) is 0 Å². The minimum absolute atomic E-state index is 0.0891. The standard InChI is InChI=1S/C16H18N2O5S2/c1-11(18-25(22,23)14-8-5-9-24-14)15(19)17-13(16(20)21)10-12-6-3-2-4-7-12/h2-9,11,13,18H,10H2,1H3,(H,17,19)(H,20,21)/t11?,13-/m1/s1. The van der Waals surface area contributed by atoms with Gasteiger partial charge in [0.05, 0.1) is 6.04 Å². The molecule has 0 saturated carbocycles. The molecular weight excluding hydrogens is 364 g/mol. The lowest BCUT2D eigenvalue weighted by molar-refractivity contribution is -0.141. The molecule has 9 heteroatoms. The van der Waals surface area contributed by atoms with Crippen LogP contribution in [0.25, 0.3) is 0 Å². The zero-order valence-electron chi connectivity index (χ0n) is 13.4. The second-order valence-electron chi connectivity index (χ2n) is 5.36. The van der Waals surface area contributed by atoms with Crippen LogP contribution in [0, 0.1) is 0 Å². The largest absolute Gasteiger partial charge is 0.480 e. The van der Waals surface area contributed by atoms with Gasteiger partial charge < -0.3 is 10.4 Å². The van der Waals surface area contributed by atoms with Crippen molar-refractivity contribution in [3.8, 4) is 0 Å². The van der Waals surface area contributed by atoms with Gasteiger partial charge in [-0.25, -0.2) is 13.2 Å². The number of carboxylic acid groups (broad SMARTS) is 1. The molecule has 134 valence electrons. The summed E-state index contributed by atoms with van der Waals surface area (Å²) in [5.41, 5.74) is 0.752. The lowest BCUT2D eigenvalue weighted by Gasteiger charge is -2.18. The number of benzene rings is 1. The van der Waals surface area contributed by atoms with Crippen molar-refractivity contribution in [3.05, 3.63) is 53.4 Å². The van der Waals surface area contributed by atoms with Crippen molar-refractivity contribution >= 4 is 33.2 Å². The maximum absolute atomic E-state index is 12.2. The first kappa shape index (κ1) is 19.1. The number of aliphatic carboxylic acids is 1. The van der Waals surface area contributed by atoms with Crippen molar-refractivity contribution in [2.45, 2.75) is 29.6 Å². The highest BCUT2D eigenvalue weighted by Crippen LogP contribution is 2.15. The number of sulfonamides is 1. The van der Waals surface area contributed by atoms with Crippen LogP contribution in [0.4, 0.5) is 0 Å². The predicted molar refractivity (Wildman–Crippen MR) is 93.8 cm³/mol. The summed E-state index contributed by atoms with van der Waals surface area (Å²) < 4.78 is 26.6. The number of carbonyl (C=O) groups is 2. The molecule has 1 unspecified atom stereocenters. The topological polar surface area (TPSA) is 113 Å². The minimum Gasteiger partial charge on any atom is -0.480 e. The quantitative estimate of drug-likeness (QED) is 0.636. The number of carbonyl (C=O) groups excluding carboxylic acids is 1. The molecule has 0 radical (unpaired) electrons. The van der Waals surface area contributed by atoms with E-state index >= 15 is 0 Å². The molecular formula is C16H18N2O5S2. The number of rotatable bonds is 8. The van der Waals surface area contributed by atoms with Crippen molar-refractivity contribution in [3.63, 3.8) is 0 Å². The van der Waals surface area contributed by atoms with E-state index in [-0.39, 0.29) is 10.6 Å². The number of hydrogen-bond donors (Lipinski definition) is 3. The van der Waals surface area contributed by atoms with Crippen molar-refractivity contribution in [2.24, 2.45) is 0 Å². The molecule has 2 atom stereocenters. The lowest BCUT2D eigenvalue weighted by atomic mass is 10.1. The molecule has 7 nitrogen and oxygen atoms in total. The van der Waals surface area contributed by atoms with E-state index in [0.717, 1.165) is 16.9 Å². The van der Waals surface area contributed by atoms with Gasteiger partial charge in [0.25, 0.3) is 10.0 Å². The summed E-state index contributed by atoms with van der Waals surface area (Å²) in [4.78, 5) is 23.6. The van der Waals surface area contributed by atoms with Gasteiger partial charge in [-0.2, -0.15) is 4.72 Å². The van der Waals surface area contributed by atoms with Crippen LogP contribution in [-0.2, 0) is 26.0 Å². The third-order valence-electron chi connectivity index (χ3n) is 3.38. The van der Waals surface area contributed by atoms with E-state index in [9.17, 15) is 23.1 Å². The summed E-state index contributed by atoms with van der Waals surface area (Å²) in [5, 5.41) is 13.3. The highest BCUT2D eigenvalue weighted by molar-refractivity contribution is 7.91. The van der Waals surface area contributed by atoms with Gasteiger partial charge in [-0.3, -0.25) is 4.79 Å². The predicted octanol–water partition coefficient (Wildman–Crippen LogP) is 1.23. The van der Waals surface area contributed by atoms with E-state index < -0.39 is 34.0 Å². The first-order valence-corrected chi connectivity index (χ1v) is 9.79. The Morgan fingerprint density at radius 1 is 1.16 bits per heavy atom. The normalized spacial score (nSPS) is 13.8. The molecule has 0 aliphatic carbocycles.